The van der Waals surface area contributed by atoms with Crippen LogP contribution < -0.4 is 10.0 Å². The summed E-state index contributed by atoms with van der Waals surface area (Å²) in [6, 6.07) is 7.02. The van der Waals surface area contributed by atoms with Crippen LogP contribution in [0.3, 0.4) is 0 Å². The molecule has 32 heavy (non-hydrogen) atoms. The van der Waals surface area contributed by atoms with E-state index in [4.69, 9.17) is 17.0 Å². The van der Waals surface area contributed by atoms with E-state index in [1.54, 1.807) is 24.7 Å². The van der Waals surface area contributed by atoms with E-state index in [9.17, 15) is 13.2 Å². The Kier molecular flexibility index (Phi) is 6.61. The van der Waals surface area contributed by atoms with Gasteiger partial charge in [-0.25, -0.2) is 13.4 Å². The number of rotatable bonds is 7. The number of hydrogen-bond donors (Lipinski definition) is 2. The lowest BCUT2D eigenvalue weighted by molar-refractivity contribution is -0.151. The van der Waals surface area contributed by atoms with Crippen LogP contribution >= 0.6 is 23.6 Å². The fraction of sp³-hybridized carbons (Fsp3) is 0.381. The second kappa shape index (κ2) is 9.26. The van der Waals surface area contributed by atoms with Crippen molar-refractivity contribution in [1.29, 1.82) is 0 Å². The van der Waals surface area contributed by atoms with Gasteiger partial charge in [0, 0.05) is 25.6 Å². The number of fused-ring (bicyclic) bond motifs is 1. The number of esters is 1. The van der Waals surface area contributed by atoms with Crippen molar-refractivity contribution in [3.05, 3.63) is 53.8 Å². The Morgan fingerprint density at radius 1 is 1.38 bits per heavy atom. The minimum atomic E-state index is -3.75. The molecule has 3 heterocycles. The monoisotopic (exact) mass is 492 g/mol. The van der Waals surface area contributed by atoms with Gasteiger partial charge in [0.2, 0.25) is 0 Å². The number of hydrogen-bond acceptors (Lipinski definition) is 7. The number of carbonyl (C=O) groups is 1. The van der Waals surface area contributed by atoms with Gasteiger partial charge in [-0.2, -0.15) is 4.72 Å². The Morgan fingerprint density at radius 2 is 2.22 bits per heavy atom. The Labute approximate surface area is 196 Å². The largest absolute Gasteiger partial charge is 0.460 e. The highest BCUT2D eigenvalue weighted by Crippen LogP contribution is 2.42. The molecule has 3 aromatic heterocycles. The number of ether oxygens (including phenoxy) is 1. The second-order valence-electron chi connectivity index (χ2n) is 7.64. The zero-order valence-corrected chi connectivity index (χ0v) is 19.9. The maximum absolute atomic E-state index is 12.7. The molecular weight excluding hydrogens is 468 g/mol. The molecule has 1 saturated carbocycles. The number of pyridine rings is 1. The van der Waals surface area contributed by atoms with Crippen molar-refractivity contribution in [2.45, 2.75) is 41.4 Å². The highest BCUT2D eigenvalue weighted by atomic mass is 32.2. The number of nitrogens with one attached hydrogen (secondary N) is 2. The summed E-state index contributed by atoms with van der Waals surface area (Å²) in [5.74, 6) is -0.635. The third-order valence-electron chi connectivity index (χ3n) is 5.81. The van der Waals surface area contributed by atoms with Crippen molar-refractivity contribution in [3.63, 3.8) is 0 Å². The molecule has 2 N–H and O–H groups in total. The van der Waals surface area contributed by atoms with Crippen molar-refractivity contribution in [2.75, 3.05) is 13.6 Å². The summed E-state index contributed by atoms with van der Waals surface area (Å²) in [4.78, 5) is 17.6. The molecule has 170 valence electrons. The fourth-order valence-corrected chi connectivity index (χ4v) is 6.63. The third kappa shape index (κ3) is 4.29. The van der Waals surface area contributed by atoms with Crippen LogP contribution in [0.2, 0.25) is 0 Å². The maximum atomic E-state index is 12.7. The fourth-order valence-electron chi connectivity index (χ4n) is 4.27. The lowest BCUT2D eigenvalue weighted by Crippen LogP contribution is -2.54. The predicted octanol–water partition coefficient (Wildman–Crippen LogP) is 2.64. The smallest absolute Gasteiger partial charge is 0.321 e. The first-order valence-electron chi connectivity index (χ1n) is 10.2. The lowest BCUT2D eigenvalue weighted by Gasteiger charge is -2.44. The van der Waals surface area contributed by atoms with Crippen molar-refractivity contribution in [2.24, 2.45) is 0 Å². The molecule has 2 unspecified atom stereocenters. The quantitative estimate of drug-likeness (QED) is 0.386. The predicted molar refractivity (Wildman–Crippen MR) is 126 cm³/mol. The minimum Gasteiger partial charge on any atom is -0.460 e. The summed E-state index contributed by atoms with van der Waals surface area (Å²) in [7, 11) is -1.99. The van der Waals surface area contributed by atoms with Crippen molar-refractivity contribution in [3.8, 4) is 0 Å². The number of thiocarbonyl (C=S) groups is 1. The number of aromatic nitrogens is 2. The van der Waals surface area contributed by atoms with Gasteiger partial charge in [0.1, 0.15) is 22.5 Å². The molecule has 8 nitrogen and oxygen atoms in total. The van der Waals surface area contributed by atoms with Gasteiger partial charge < -0.3 is 14.5 Å². The molecule has 0 spiro atoms. The summed E-state index contributed by atoms with van der Waals surface area (Å²) in [6.45, 7) is -0.445. The standard InChI is InChI=1S/C21H24N4O4S3/c1-22-20(30)21(15-7-8-17-23-10-11-25(17)14-15)9-3-2-5-16(21)29-18(26)13-24-32(27,28)19-6-4-12-31-19/h4,6-8,10-12,14,16,24H,2-3,5,9,13H2,1H3,(H,22,30). The van der Waals surface area contributed by atoms with Crippen molar-refractivity contribution < 1.29 is 17.9 Å². The van der Waals surface area contributed by atoms with Crippen LogP contribution in [0.15, 0.2) is 52.4 Å². The molecule has 11 heteroatoms. The number of nitrogens with zero attached hydrogens (tertiary/aromatic N) is 2. The Hall–Kier alpha value is -2.34. The molecular formula is C21H24N4O4S3. The number of sulfonamides is 1. The Bertz CT molecular complexity index is 1220. The van der Waals surface area contributed by atoms with Crippen molar-refractivity contribution in [1.82, 2.24) is 19.4 Å². The zero-order chi connectivity index (χ0) is 22.8. The summed E-state index contributed by atoms with van der Waals surface area (Å²) in [6.07, 6.45) is 8.20. The normalized spacial score (nSPS) is 21.3. The molecule has 0 saturated heterocycles. The lowest BCUT2D eigenvalue weighted by atomic mass is 9.67. The first-order chi connectivity index (χ1) is 15.4. The highest BCUT2D eigenvalue weighted by Gasteiger charge is 2.48. The van der Waals surface area contributed by atoms with E-state index in [1.165, 1.54) is 6.07 Å². The van der Waals surface area contributed by atoms with Crippen molar-refractivity contribution >= 4 is 50.2 Å². The topological polar surface area (TPSA) is 102 Å². The molecule has 0 bridgehead atoms. The van der Waals surface area contributed by atoms with Gasteiger partial charge in [0.25, 0.3) is 10.0 Å². The molecule has 0 radical (unpaired) electrons. The Balaban J connectivity index is 1.58. The van der Waals surface area contributed by atoms with Gasteiger partial charge in [-0.1, -0.05) is 30.8 Å². The molecule has 0 aliphatic heterocycles. The molecule has 3 aromatic rings. The summed E-state index contributed by atoms with van der Waals surface area (Å²) in [5, 5.41) is 4.76. The molecule has 4 rings (SSSR count). The SMILES string of the molecule is CNC(=S)C1(c2ccc3nccn3c2)CCCCC1OC(=O)CNS(=O)(=O)c1cccs1. The first kappa shape index (κ1) is 22.8. The number of likely N-dealkylation sites (N-methyl/N-ethyl adjacent to an activating group) is 1. The molecule has 1 aliphatic carbocycles. The van der Waals surface area contributed by atoms with Gasteiger partial charge in [-0.3, -0.25) is 4.79 Å². The van der Waals surface area contributed by atoms with E-state index in [0.29, 0.717) is 17.8 Å². The van der Waals surface area contributed by atoms with Gasteiger partial charge in [-0.15, -0.1) is 11.3 Å². The van der Waals surface area contributed by atoms with E-state index >= 15 is 0 Å². The van der Waals surface area contributed by atoms with E-state index in [0.717, 1.165) is 35.4 Å². The average molecular weight is 493 g/mol. The van der Waals surface area contributed by atoms with E-state index in [1.807, 2.05) is 28.9 Å². The maximum Gasteiger partial charge on any atom is 0.321 e. The second-order valence-corrected chi connectivity index (χ2v) is 11.0. The number of imidazole rings is 1. The van der Waals surface area contributed by atoms with Crippen LogP contribution in [0, 0.1) is 0 Å². The van der Waals surface area contributed by atoms with E-state index in [2.05, 4.69) is 15.0 Å². The average Bonchev–Trinajstić information content (AvgIpc) is 3.49. The summed E-state index contributed by atoms with van der Waals surface area (Å²) in [5.41, 5.74) is 1.04. The van der Waals surface area contributed by atoms with Crippen LogP contribution in [0.25, 0.3) is 5.65 Å². The molecule has 2 atom stereocenters. The number of carbonyl (C=O) groups excluding carboxylic acids is 1. The van der Waals surface area contributed by atoms with E-state index < -0.39 is 34.1 Å². The summed E-state index contributed by atoms with van der Waals surface area (Å²) >= 11 is 6.83. The van der Waals surface area contributed by atoms with Crippen LogP contribution in [-0.2, 0) is 25.0 Å². The van der Waals surface area contributed by atoms with Crippen LogP contribution in [0.4, 0.5) is 0 Å². The zero-order valence-electron chi connectivity index (χ0n) is 17.5. The van der Waals surface area contributed by atoms with Gasteiger partial charge >= 0.3 is 5.97 Å². The molecule has 0 aromatic carbocycles. The Morgan fingerprint density at radius 3 is 2.97 bits per heavy atom. The van der Waals surface area contributed by atoms with Crippen LogP contribution in [0.5, 0.6) is 0 Å². The first-order valence-corrected chi connectivity index (χ1v) is 13.0. The van der Waals surface area contributed by atoms with Gasteiger partial charge in [-0.05, 0) is 42.3 Å². The van der Waals surface area contributed by atoms with Crippen LogP contribution in [0.1, 0.15) is 31.2 Å². The minimum absolute atomic E-state index is 0.155. The van der Waals surface area contributed by atoms with Crippen LogP contribution in [-0.4, -0.2) is 48.5 Å². The highest BCUT2D eigenvalue weighted by molar-refractivity contribution is 7.91. The molecule has 0 amide bonds. The van der Waals surface area contributed by atoms with Gasteiger partial charge in [0.05, 0.1) is 10.4 Å². The molecule has 1 aliphatic rings. The van der Waals surface area contributed by atoms with Gasteiger partial charge in [0.15, 0.2) is 0 Å². The number of thiophene rings is 1. The summed E-state index contributed by atoms with van der Waals surface area (Å²) < 4.78 is 35.0. The molecule has 1 fully saturated rings. The van der Waals surface area contributed by atoms with E-state index in [-0.39, 0.29) is 4.21 Å². The third-order valence-corrected chi connectivity index (χ3v) is 9.18.